The van der Waals surface area contributed by atoms with Crippen molar-refractivity contribution in [3.05, 3.63) is 64.6 Å². The maximum Gasteiger partial charge on any atom is 0.294 e. The normalized spacial score (nSPS) is 17.9. The highest BCUT2D eigenvalue weighted by Gasteiger charge is 2.36. The summed E-state index contributed by atoms with van der Waals surface area (Å²) in [5.74, 6) is -3.11. The number of nitrogens with zero attached hydrogens (tertiary/aromatic N) is 2. The number of nitrogens with one attached hydrogen (secondary N) is 1. The molecule has 1 N–H and O–H groups in total. The van der Waals surface area contributed by atoms with E-state index in [0.717, 1.165) is 53.1 Å². The third-order valence-corrected chi connectivity index (χ3v) is 5.86. The number of amides is 3. The number of anilines is 2. The Morgan fingerprint density at radius 3 is 2.50 bits per heavy atom. The molecular formula is C22H19F2N3O4S. The summed E-state index contributed by atoms with van der Waals surface area (Å²) in [6.45, 7) is 2.39. The third-order valence-electron chi connectivity index (χ3n) is 4.95. The van der Waals surface area contributed by atoms with Crippen LogP contribution in [0.5, 0.6) is 0 Å². The van der Waals surface area contributed by atoms with E-state index in [9.17, 15) is 23.2 Å². The molecule has 0 unspecified atom stereocenters. The molecule has 0 aliphatic carbocycles. The second-order valence-electron chi connectivity index (χ2n) is 7.13. The Morgan fingerprint density at radius 2 is 1.81 bits per heavy atom. The standard InChI is InChI=1S/C22H19F2N3O4S/c23-15-3-6-18(17(24)12-15)25-20(28)13-27-21(29)19(32-22(27)30)11-14-1-4-16(5-2-14)26-7-9-31-10-8-26/h1-6,11-12H,7-10,13H2,(H,25,28). The van der Waals surface area contributed by atoms with Crippen molar-refractivity contribution < 1.29 is 27.9 Å². The fraction of sp³-hybridized carbons (Fsp3) is 0.227. The van der Waals surface area contributed by atoms with Crippen LogP contribution in [0.4, 0.5) is 25.0 Å². The van der Waals surface area contributed by atoms with Crippen LogP contribution < -0.4 is 10.2 Å². The monoisotopic (exact) mass is 459 g/mol. The van der Waals surface area contributed by atoms with E-state index < -0.39 is 35.2 Å². The number of carbonyl (C=O) groups is 3. The molecule has 0 bridgehead atoms. The predicted molar refractivity (Wildman–Crippen MR) is 117 cm³/mol. The number of halogens is 2. The Hall–Kier alpha value is -3.24. The van der Waals surface area contributed by atoms with E-state index in [-0.39, 0.29) is 10.6 Å². The van der Waals surface area contributed by atoms with Gasteiger partial charge in [-0.25, -0.2) is 8.78 Å². The van der Waals surface area contributed by atoms with Crippen molar-refractivity contribution in [3.63, 3.8) is 0 Å². The molecular weight excluding hydrogens is 440 g/mol. The average molecular weight is 459 g/mol. The number of hydrogen-bond acceptors (Lipinski definition) is 6. The number of carbonyl (C=O) groups excluding carboxylic acids is 3. The van der Waals surface area contributed by atoms with Crippen molar-refractivity contribution >= 4 is 46.3 Å². The highest BCUT2D eigenvalue weighted by Crippen LogP contribution is 2.32. The van der Waals surface area contributed by atoms with Gasteiger partial charge in [0.15, 0.2) is 0 Å². The number of rotatable bonds is 5. The molecule has 2 aromatic carbocycles. The van der Waals surface area contributed by atoms with Gasteiger partial charge in [0.1, 0.15) is 18.2 Å². The highest BCUT2D eigenvalue weighted by molar-refractivity contribution is 8.18. The second kappa shape index (κ2) is 9.49. The maximum absolute atomic E-state index is 13.7. The summed E-state index contributed by atoms with van der Waals surface area (Å²) in [5, 5.41) is 1.64. The van der Waals surface area contributed by atoms with Gasteiger partial charge in [-0.05, 0) is 47.7 Å². The summed E-state index contributed by atoms with van der Waals surface area (Å²) in [6, 6.07) is 10.3. The second-order valence-corrected chi connectivity index (χ2v) is 8.12. The molecule has 7 nitrogen and oxygen atoms in total. The number of hydrogen-bond donors (Lipinski definition) is 1. The van der Waals surface area contributed by atoms with Crippen molar-refractivity contribution in [2.24, 2.45) is 0 Å². The summed E-state index contributed by atoms with van der Waals surface area (Å²) < 4.78 is 32.0. The number of imide groups is 1. The molecule has 0 aromatic heterocycles. The molecule has 2 saturated heterocycles. The van der Waals surface area contributed by atoms with E-state index in [4.69, 9.17) is 4.74 Å². The van der Waals surface area contributed by atoms with Crippen molar-refractivity contribution in [1.29, 1.82) is 0 Å². The molecule has 2 aliphatic heterocycles. The van der Waals surface area contributed by atoms with Crippen molar-refractivity contribution in [3.8, 4) is 0 Å². The predicted octanol–water partition coefficient (Wildman–Crippen LogP) is 3.48. The summed E-state index contributed by atoms with van der Waals surface area (Å²) in [4.78, 5) is 40.2. The zero-order valence-electron chi connectivity index (χ0n) is 16.8. The molecule has 2 fully saturated rings. The molecule has 4 rings (SSSR count). The lowest BCUT2D eigenvalue weighted by molar-refractivity contribution is -0.127. The van der Waals surface area contributed by atoms with Crippen LogP contribution in [0.15, 0.2) is 47.4 Å². The molecule has 10 heteroatoms. The van der Waals surface area contributed by atoms with E-state index in [2.05, 4.69) is 10.2 Å². The zero-order chi connectivity index (χ0) is 22.7. The topological polar surface area (TPSA) is 79.0 Å². The lowest BCUT2D eigenvalue weighted by atomic mass is 10.1. The fourth-order valence-corrected chi connectivity index (χ4v) is 4.15. The SMILES string of the molecule is O=C(CN1C(=O)SC(=Cc2ccc(N3CCOCC3)cc2)C1=O)Nc1ccc(F)cc1F. The van der Waals surface area contributed by atoms with Gasteiger partial charge >= 0.3 is 0 Å². The van der Waals surface area contributed by atoms with Gasteiger partial charge in [-0.2, -0.15) is 0 Å². The van der Waals surface area contributed by atoms with Crippen LogP contribution in [0.25, 0.3) is 6.08 Å². The Balaban J connectivity index is 1.40. The minimum absolute atomic E-state index is 0.190. The first-order chi connectivity index (χ1) is 15.4. The lowest BCUT2D eigenvalue weighted by Gasteiger charge is -2.28. The Labute approximate surface area is 187 Å². The van der Waals surface area contributed by atoms with E-state index >= 15 is 0 Å². The van der Waals surface area contributed by atoms with Crippen molar-refractivity contribution in [2.45, 2.75) is 0 Å². The van der Waals surface area contributed by atoms with Crippen LogP contribution in [0.1, 0.15) is 5.56 Å². The molecule has 2 heterocycles. The molecule has 3 amide bonds. The van der Waals surface area contributed by atoms with Crippen LogP contribution in [-0.4, -0.2) is 54.8 Å². The fourth-order valence-electron chi connectivity index (χ4n) is 3.31. The summed E-state index contributed by atoms with van der Waals surface area (Å²) in [6.07, 6.45) is 1.59. The summed E-state index contributed by atoms with van der Waals surface area (Å²) >= 11 is 0.730. The lowest BCUT2D eigenvalue weighted by Crippen LogP contribution is -2.36. The van der Waals surface area contributed by atoms with Gasteiger partial charge in [0, 0.05) is 24.8 Å². The minimum Gasteiger partial charge on any atom is -0.378 e. The number of morpholine rings is 1. The van der Waals surface area contributed by atoms with Crippen LogP contribution in [0.2, 0.25) is 0 Å². The minimum atomic E-state index is -0.951. The Bertz CT molecular complexity index is 1090. The molecule has 2 aromatic rings. The Morgan fingerprint density at radius 1 is 1.09 bits per heavy atom. The molecule has 2 aliphatic rings. The average Bonchev–Trinajstić information content (AvgIpc) is 3.04. The number of ether oxygens (including phenoxy) is 1. The molecule has 0 saturated carbocycles. The molecule has 166 valence electrons. The first-order valence-electron chi connectivity index (χ1n) is 9.84. The number of thioether (sulfide) groups is 1. The smallest absolute Gasteiger partial charge is 0.294 e. The first kappa shape index (κ1) is 22.0. The van der Waals surface area contributed by atoms with Crippen molar-refractivity contribution in [2.75, 3.05) is 43.1 Å². The molecule has 32 heavy (non-hydrogen) atoms. The first-order valence-corrected chi connectivity index (χ1v) is 10.7. The van der Waals surface area contributed by atoms with Gasteiger partial charge in [-0.1, -0.05) is 12.1 Å². The van der Waals surface area contributed by atoms with Crippen LogP contribution >= 0.6 is 11.8 Å². The van der Waals surface area contributed by atoms with Gasteiger partial charge < -0.3 is 15.0 Å². The largest absolute Gasteiger partial charge is 0.378 e. The van der Waals surface area contributed by atoms with Crippen LogP contribution in [-0.2, 0) is 14.3 Å². The van der Waals surface area contributed by atoms with Gasteiger partial charge in [-0.3, -0.25) is 19.3 Å². The van der Waals surface area contributed by atoms with E-state index in [1.165, 1.54) is 0 Å². The molecule has 0 atom stereocenters. The maximum atomic E-state index is 13.7. The van der Waals surface area contributed by atoms with E-state index in [0.29, 0.717) is 19.3 Å². The van der Waals surface area contributed by atoms with Crippen LogP contribution in [0.3, 0.4) is 0 Å². The quantitative estimate of drug-likeness (QED) is 0.690. The van der Waals surface area contributed by atoms with E-state index in [1.54, 1.807) is 6.08 Å². The molecule has 0 spiro atoms. The van der Waals surface area contributed by atoms with Gasteiger partial charge in [0.05, 0.1) is 23.8 Å². The highest BCUT2D eigenvalue weighted by atomic mass is 32.2. The molecule has 0 radical (unpaired) electrons. The summed E-state index contributed by atoms with van der Waals surface area (Å²) in [5.41, 5.74) is 1.55. The van der Waals surface area contributed by atoms with Crippen molar-refractivity contribution in [1.82, 2.24) is 4.90 Å². The van der Waals surface area contributed by atoms with Gasteiger partial charge in [0.2, 0.25) is 5.91 Å². The Kier molecular flexibility index (Phi) is 6.52. The summed E-state index contributed by atoms with van der Waals surface area (Å²) in [7, 11) is 0. The zero-order valence-corrected chi connectivity index (χ0v) is 17.7. The van der Waals surface area contributed by atoms with Gasteiger partial charge in [0.25, 0.3) is 11.1 Å². The van der Waals surface area contributed by atoms with E-state index in [1.807, 2.05) is 24.3 Å². The van der Waals surface area contributed by atoms with Crippen LogP contribution in [0, 0.1) is 11.6 Å². The van der Waals surface area contributed by atoms with Gasteiger partial charge in [-0.15, -0.1) is 0 Å². The third kappa shape index (κ3) is 4.97. The number of benzene rings is 2.